The lowest BCUT2D eigenvalue weighted by molar-refractivity contribution is 0.0482. The van der Waals surface area contributed by atoms with E-state index in [0.717, 1.165) is 24.4 Å². The van der Waals surface area contributed by atoms with Crippen LogP contribution in [0, 0.1) is 23.2 Å². The lowest BCUT2D eigenvalue weighted by Gasteiger charge is -2.29. The van der Waals surface area contributed by atoms with Crippen LogP contribution >= 0.6 is 0 Å². The highest BCUT2D eigenvalue weighted by Gasteiger charge is 2.56. The van der Waals surface area contributed by atoms with Crippen LogP contribution in [0.25, 0.3) is 0 Å². The van der Waals surface area contributed by atoms with Crippen LogP contribution in [0.1, 0.15) is 38.5 Å². The summed E-state index contributed by atoms with van der Waals surface area (Å²) in [5.41, 5.74) is 0.536. The third-order valence-corrected chi connectivity index (χ3v) is 4.79. The lowest BCUT2D eigenvalue weighted by Crippen LogP contribution is -2.27. The van der Waals surface area contributed by atoms with Crippen LogP contribution in [0.5, 0.6) is 0 Å². The molecule has 0 aliphatic heterocycles. The quantitative estimate of drug-likeness (QED) is 0.677. The minimum absolute atomic E-state index is 0.536. The Labute approximate surface area is 79.8 Å². The molecule has 74 valence electrons. The first-order chi connectivity index (χ1) is 6.34. The van der Waals surface area contributed by atoms with E-state index in [-0.39, 0.29) is 0 Å². The van der Waals surface area contributed by atoms with E-state index in [2.05, 4.69) is 0 Å². The van der Waals surface area contributed by atoms with Crippen molar-refractivity contribution in [3.8, 4) is 0 Å². The zero-order valence-electron chi connectivity index (χ0n) is 8.17. The first-order valence-corrected chi connectivity index (χ1v) is 5.66. The van der Waals surface area contributed by atoms with Gasteiger partial charge in [0.15, 0.2) is 0 Å². The second-order valence-corrected chi connectivity index (χ2v) is 5.45. The van der Waals surface area contributed by atoms with Crippen LogP contribution in [-0.4, -0.2) is 6.61 Å². The van der Waals surface area contributed by atoms with Gasteiger partial charge in [-0.2, -0.15) is 0 Å². The highest BCUT2D eigenvalue weighted by molar-refractivity contribution is 5.06. The van der Waals surface area contributed by atoms with Crippen molar-refractivity contribution in [3.63, 3.8) is 0 Å². The Kier molecular flexibility index (Phi) is 1.72. The Morgan fingerprint density at radius 3 is 2.54 bits per heavy atom. The van der Waals surface area contributed by atoms with Crippen LogP contribution in [0.15, 0.2) is 0 Å². The third kappa shape index (κ3) is 1.15. The van der Waals surface area contributed by atoms with Crippen molar-refractivity contribution in [2.75, 3.05) is 6.61 Å². The molecule has 2 N–H and O–H groups in total. The Morgan fingerprint density at radius 1 is 1.23 bits per heavy atom. The third-order valence-electron chi connectivity index (χ3n) is 4.79. The smallest absolute Gasteiger partial charge is 0.0738 e. The summed E-state index contributed by atoms with van der Waals surface area (Å²) in [5, 5.41) is 0. The molecule has 0 spiro atoms. The van der Waals surface area contributed by atoms with Gasteiger partial charge >= 0.3 is 0 Å². The number of hydrogen-bond acceptors (Lipinski definition) is 2. The first kappa shape index (κ1) is 8.25. The Balaban J connectivity index is 1.72. The van der Waals surface area contributed by atoms with Gasteiger partial charge in [-0.3, -0.25) is 0 Å². The maximum atomic E-state index is 5.22. The van der Waals surface area contributed by atoms with Gasteiger partial charge in [0.2, 0.25) is 0 Å². The monoisotopic (exact) mass is 181 g/mol. The van der Waals surface area contributed by atoms with E-state index in [0.29, 0.717) is 5.41 Å². The Morgan fingerprint density at radius 2 is 2.08 bits per heavy atom. The highest BCUT2D eigenvalue weighted by Crippen LogP contribution is 2.63. The van der Waals surface area contributed by atoms with Gasteiger partial charge in [0.1, 0.15) is 0 Å². The normalized spacial score (nSPS) is 45.5. The molecule has 0 aromatic heterocycles. The summed E-state index contributed by atoms with van der Waals surface area (Å²) < 4.78 is 0. The molecule has 3 unspecified atom stereocenters. The number of rotatable bonds is 3. The van der Waals surface area contributed by atoms with E-state index in [1.54, 1.807) is 0 Å². The van der Waals surface area contributed by atoms with Crippen molar-refractivity contribution >= 4 is 0 Å². The highest BCUT2D eigenvalue weighted by atomic mass is 16.6. The number of hydrogen-bond donors (Lipinski definition) is 1. The summed E-state index contributed by atoms with van der Waals surface area (Å²) in [6, 6.07) is 0. The Hall–Kier alpha value is -0.0800. The summed E-state index contributed by atoms with van der Waals surface area (Å²) in [6.07, 6.45) is 8.73. The van der Waals surface area contributed by atoms with E-state index in [4.69, 9.17) is 10.7 Å². The predicted molar refractivity (Wildman–Crippen MR) is 50.7 cm³/mol. The van der Waals surface area contributed by atoms with Gasteiger partial charge in [-0.15, -0.1) is 0 Å². The van der Waals surface area contributed by atoms with E-state index < -0.39 is 0 Å². The fourth-order valence-electron chi connectivity index (χ4n) is 3.94. The summed E-state index contributed by atoms with van der Waals surface area (Å²) in [5.74, 6) is 8.28. The van der Waals surface area contributed by atoms with Gasteiger partial charge in [-0.25, -0.2) is 5.90 Å². The molecule has 0 saturated heterocycles. The molecule has 0 heterocycles. The Bertz CT molecular complexity index is 212. The molecule has 3 fully saturated rings. The lowest BCUT2D eigenvalue weighted by atomic mass is 9.77. The molecular formula is C11H19NO. The van der Waals surface area contributed by atoms with Crippen LogP contribution in [0.3, 0.4) is 0 Å². The fraction of sp³-hybridized carbons (Fsp3) is 1.00. The summed E-state index contributed by atoms with van der Waals surface area (Å²) in [4.78, 5) is 4.89. The zero-order chi connectivity index (χ0) is 8.89. The standard InChI is InChI=1S/C11H19NO/c12-13-7-11(3-4-11)10-6-8-1-2-9(10)5-8/h8-10H,1-7,12H2. The van der Waals surface area contributed by atoms with Gasteiger partial charge in [0.05, 0.1) is 6.61 Å². The van der Waals surface area contributed by atoms with Gasteiger partial charge in [0.25, 0.3) is 0 Å². The van der Waals surface area contributed by atoms with E-state index in [9.17, 15) is 0 Å². The van der Waals surface area contributed by atoms with Crippen molar-refractivity contribution in [1.29, 1.82) is 0 Å². The first-order valence-electron chi connectivity index (χ1n) is 5.66. The minimum atomic E-state index is 0.536. The summed E-state index contributed by atoms with van der Waals surface area (Å²) in [7, 11) is 0. The molecule has 3 rings (SSSR count). The van der Waals surface area contributed by atoms with Gasteiger partial charge in [-0.1, -0.05) is 6.42 Å². The zero-order valence-corrected chi connectivity index (χ0v) is 8.17. The molecule has 0 amide bonds. The van der Waals surface area contributed by atoms with E-state index in [1.807, 2.05) is 0 Å². The fourth-order valence-corrected chi connectivity index (χ4v) is 3.94. The molecule has 3 atom stereocenters. The SMILES string of the molecule is NOCC1(C2CC3CCC2C3)CC1. The van der Waals surface area contributed by atoms with Crippen molar-refractivity contribution in [2.24, 2.45) is 29.1 Å². The molecule has 0 aromatic carbocycles. The maximum Gasteiger partial charge on any atom is 0.0738 e. The molecule has 2 nitrogen and oxygen atoms in total. The van der Waals surface area contributed by atoms with Crippen molar-refractivity contribution < 1.29 is 4.84 Å². The topological polar surface area (TPSA) is 35.2 Å². The molecule has 0 aromatic rings. The molecule has 2 heteroatoms. The van der Waals surface area contributed by atoms with Crippen LogP contribution in [-0.2, 0) is 4.84 Å². The predicted octanol–water partition coefficient (Wildman–Crippen LogP) is 2.09. The average Bonchev–Trinajstić information content (AvgIpc) is 2.62. The van der Waals surface area contributed by atoms with Gasteiger partial charge in [0, 0.05) is 0 Å². The minimum Gasteiger partial charge on any atom is -0.304 e. The van der Waals surface area contributed by atoms with Crippen LogP contribution < -0.4 is 5.90 Å². The summed E-state index contributed by atoms with van der Waals surface area (Å²) >= 11 is 0. The molecule has 2 bridgehead atoms. The van der Waals surface area contributed by atoms with Crippen LogP contribution in [0.4, 0.5) is 0 Å². The second kappa shape index (κ2) is 2.71. The molecule has 3 saturated carbocycles. The van der Waals surface area contributed by atoms with E-state index in [1.165, 1.54) is 38.5 Å². The molecule has 0 radical (unpaired) electrons. The average molecular weight is 181 g/mol. The molecule has 3 aliphatic carbocycles. The van der Waals surface area contributed by atoms with Gasteiger partial charge in [-0.05, 0) is 55.3 Å². The maximum absolute atomic E-state index is 5.22. The van der Waals surface area contributed by atoms with Crippen molar-refractivity contribution in [3.05, 3.63) is 0 Å². The molecule has 3 aliphatic rings. The van der Waals surface area contributed by atoms with Crippen LogP contribution in [0.2, 0.25) is 0 Å². The second-order valence-electron chi connectivity index (χ2n) is 5.45. The van der Waals surface area contributed by atoms with Gasteiger partial charge < -0.3 is 4.84 Å². The number of fused-ring (bicyclic) bond motifs is 2. The van der Waals surface area contributed by atoms with E-state index >= 15 is 0 Å². The largest absolute Gasteiger partial charge is 0.304 e. The molecular weight excluding hydrogens is 162 g/mol. The summed E-state index contributed by atoms with van der Waals surface area (Å²) in [6.45, 7) is 0.820. The van der Waals surface area contributed by atoms with Crippen molar-refractivity contribution in [2.45, 2.75) is 38.5 Å². The number of nitrogens with two attached hydrogens (primary N) is 1. The molecule has 13 heavy (non-hydrogen) atoms. The van der Waals surface area contributed by atoms with Crippen molar-refractivity contribution in [1.82, 2.24) is 0 Å².